The second-order valence-corrected chi connectivity index (χ2v) is 9.88. The Hall–Kier alpha value is -3.36. The van der Waals surface area contributed by atoms with Crippen LogP contribution >= 0.6 is 11.6 Å². The number of carbonyl (C=O) groups is 1. The van der Waals surface area contributed by atoms with E-state index in [0.717, 1.165) is 21.1 Å². The van der Waals surface area contributed by atoms with Crippen LogP contribution in [-0.2, 0) is 14.8 Å². The molecule has 0 unspecified atom stereocenters. The molecule has 0 saturated heterocycles. The normalized spacial score (nSPS) is 11.4. The summed E-state index contributed by atoms with van der Waals surface area (Å²) in [7, 11) is -0.106. The maximum absolute atomic E-state index is 13.3. The Balaban J connectivity index is 1.79. The van der Waals surface area contributed by atoms with Crippen molar-refractivity contribution in [3.8, 4) is 0 Å². The number of halogens is 1. The number of hydrazone groups is 1. The molecule has 1 N–H and O–H groups in total. The molecule has 0 aliphatic carbocycles. The van der Waals surface area contributed by atoms with E-state index in [1.807, 2.05) is 50.2 Å². The standard InChI is InChI=1S/C24H25ClN4O3S/c1-18-4-14-23(15-5-18)33(31,32)29(22-12-8-20(25)9-13-22)17-24(30)27-26-16-19-6-10-21(11-7-19)28(2)3/h4-16H,17H2,1-3H3,(H,27,30)/b26-16-. The molecule has 0 spiro atoms. The average molecular weight is 485 g/mol. The minimum absolute atomic E-state index is 0.0836. The molecule has 172 valence electrons. The summed E-state index contributed by atoms with van der Waals surface area (Å²) in [5.41, 5.74) is 5.48. The summed E-state index contributed by atoms with van der Waals surface area (Å²) >= 11 is 5.96. The molecule has 0 aliphatic heterocycles. The van der Waals surface area contributed by atoms with E-state index in [2.05, 4.69) is 10.5 Å². The second kappa shape index (κ2) is 10.5. The van der Waals surface area contributed by atoms with Gasteiger partial charge in [-0.2, -0.15) is 5.10 Å². The number of hydrogen-bond acceptors (Lipinski definition) is 5. The molecule has 3 aromatic rings. The number of nitrogens with one attached hydrogen (secondary N) is 1. The molecule has 0 aromatic heterocycles. The van der Waals surface area contributed by atoms with Crippen LogP contribution in [-0.4, -0.2) is 41.2 Å². The molecule has 9 heteroatoms. The summed E-state index contributed by atoms with van der Waals surface area (Å²) in [6.07, 6.45) is 1.50. The van der Waals surface area contributed by atoms with E-state index in [1.165, 1.54) is 18.3 Å². The van der Waals surface area contributed by atoms with Crippen molar-refractivity contribution in [2.75, 3.05) is 29.8 Å². The Kier molecular flexibility index (Phi) is 7.73. The first kappa shape index (κ1) is 24.3. The summed E-state index contributed by atoms with van der Waals surface area (Å²) in [4.78, 5) is 14.7. The van der Waals surface area contributed by atoms with Gasteiger partial charge < -0.3 is 4.90 Å². The van der Waals surface area contributed by atoms with E-state index in [-0.39, 0.29) is 4.90 Å². The van der Waals surface area contributed by atoms with Crippen LogP contribution < -0.4 is 14.6 Å². The van der Waals surface area contributed by atoms with Gasteiger partial charge in [0.2, 0.25) is 0 Å². The predicted molar refractivity (Wildman–Crippen MR) is 134 cm³/mol. The first-order valence-corrected chi connectivity index (χ1v) is 11.9. The van der Waals surface area contributed by atoms with Crippen LogP contribution in [0.3, 0.4) is 0 Å². The molecule has 0 atom stereocenters. The van der Waals surface area contributed by atoms with Gasteiger partial charge in [0.25, 0.3) is 15.9 Å². The van der Waals surface area contributed by atoms with Crippen molar-refractivity contribution in [2.45, 2.75) is 11.8 Å². The van der Waals surface area contributed by atoms with Gasteiger partial charge in [-0.25, -0.2) is 13.8 Å². The molecular weight excluding hydrogens is 460 g/mol. The summed E-state index contributed by atoms with van der Waals surface area (Å²) < 4.78 is 27.7. The highest BCUT2D eigenvalue weighted by Gasteiger charge is 2.27. The van der Waals surface area contributed by atoms with Crippen molar-refractivity contribution in [2.24, 2.45) is 5.10 Å². The summed E-state index contributed by atoms with van der Waals surface area (Å²) in [5.74, 6) is -0.582. The van der Waals surface area contributed by atoms with Gasteiger partial charge in [0, 0.05) is 24.8 Å². The van der Waals surface area contributed by atoms with Gasteiger partial charge in [-0.05, 0) is 61.0 Å². The molecule has 1 amide bonds. The SMILES string of the molecule is Cc1ccc(S(=O)(=O)N(CC(=O)N/N=C\c2ccc(N(C)C)cc2)c2ccc(Cl)cc2)cc1. The fraction of sp³-hybridized carbons (Fsp3) is 0.167. The Morgan fingerprint density at radius 1 is 0.939 bits per heavy atom. The van der Waals surface area contributed by atoms with Gasteiger partial charge >= 0.3 is 0 Å². The van der Waals surface area contributed by atoms with Crippen LogP contribution in [0.4, 0.5) is 11.4 Å². The Bertz CT molecular complexity index is 1220. The molecule has 33 heavy (non-hydrogen) atoms. The number of anilines is 2. The third kappa shape index (κ3) is 6.34. The van der Waals surface area contributed by atoms with Crippen molar-refractivity contribution in [3.63, 3.8) is 0 Å². The lowest BCUT2D eigenvalue weighted by atomic mass is 10.2. The fourth-order valence-electron chi connectivity index (χ4n) is 2.96. The second-order valence-electron chi connectivity index (χ2n) is 7.58. The largest absolute Gasteiger partial charge is 0.378 e. The van der Waals surface area contributed by atoms with Crippen LogP contribution in [0.25, 0.3) is 0 Å². The third-order valence-corrected chi connectivity index (χ3v) is 6.86. The Morgan fingerprint density at radius 3 is 2.09 bits per heavy atom. The van der Waals surface area contributed by atoms with Gasteiger partial charge in [0.05, 0.1) is 16.8 Å². The van der Waals surface area contributed by atoms with E-state index in [0.29, 0.717) is 10.7 Å². The minimum atomic E-state index is -4.00. The van der Waals surface area contributed by atoms with Gasteiger partial charge in [-0.1, -0.05) is 41.4 Å². The lowest BCUT2D eigenvalue weighted by Gasteiger charge is -2.23. The predicted octanol–water partition coefficient (Wildman–Crippen LogP) is 4.06. The van der Waals surface area contributed by atoms with Crippen molar-refractivity contribution in [3.05, 3.63) is 88.9 Å². The molecular formula is C24H25ClN4O3S. The van der Waals surface area contributed by atoms with Crippen molar-refractivity contribution in [1.82, 2.24) is 5.43 Å². The number of carbonyl (C=O) groups excluding carboxylic acids is 1. The molecule has 0 radical (unpaired) electrons. The first-order valence-electron chi connectivity index (χ1n) is 10.1. The quantitative estimate of drug-likeness (QED) is 0.386. The Labute approximate surface area is 199 Å². The summed E-state index contributed by atoms with van der Waals surface area (Å²) in [6.45, 7) is 1.42. The lowest BCUT2D eigenvalue weighted by molar-refractivity contribution is -0.119. The van der Waals surface area contributed by atoms with Crippen LogP contribution in [0.5, 0.6) is 0 Å². The number of amides is 1. The number of aryl methyl sites for hydroxylation is 1. The number of sulfonamides is 1. The molecule has 0 aliphatic rings. The van der Waals surface area contributed by atoms with Crippen molar-refractivity contribution in [1.29, 1.82) is 0 Å². The summed E-state index contributed by atoms with van der Waals surface area (Å²) in [5, 5.41) is 4.42. The monoisotopic (exact) mass is 484 g/mol. The number of hydrogen-bond donors (Lipinski definition) is 1. The third-order valence-electron chi connectivity index (χ3n) is 4.82. The molecule has 0 heterocycles. The van der Waals surface area contributed by atoms with Gasteiger partial charge in [0.1, 0.15) is 6.54 Å². The van der Waals surface area contributed by atoms with Crippen molar-refractivity contribution < 1.29 is 13.2 Å². The van der Waals surface area contributed by atoms with Gasteiger partial charge in [-0.15, -0.1) is 0 Å². The van der Waals surface area contributed by atoms with Gasteiger partial charge in [-0.3, -0.25) is 9.10 Å². The van der Waals surface area contributed by atoms with E-state index >= 15 is 0 Å². The maximum atomic E-state index is 13.3. The zero-order valence-electron chi connectivity index (χ0n) is 18.6. The molecule has 0 fully saturated rings. The average Bonchev–Trinajstić information content (AvgIpc) is 2.79. The minimum Gasteiger partial charge on any atom is -0.378 e. The van der Waals surface area contributed by atoms with Crippen LogP contribution in [0, 0.1) is 6.92 Å². The number of nitrogens with zero attached hydrogens (tertiary/aromatic N) is 3. The van der Waals surface area contributed by atoms with E-state index in [9.17, 15) is 13.2 Å². The topological polar surface area (TPSA) is 82.1 Å². The molecule has 3 aromatic carbocycles. The fourth-order valence-corrected chi connectivity index (χ4v) is 4.51. The molecule has 0 bridgehead atoms. The van der Waals surface area contributed by atoms with Crippen molar-refractivity contribution >= 4 is 45.1 Å². The lowest BCUT2D eigenvalue weighted by Crippen LogP contribution is -2.39. The highest BCUT2D eigenvalue weighted by atomic mass is 35.5. The highest BCUT2D eigenvalue weighted by molar-refractivity contribution is 7.92. The van der Waals surface area contributed by atoms with Crippen LogP contribution in [0.1, 0.15) is 11.1 Å². The summed E-state index contributed by atoms with van der Waals surface area (Å²) in [6, 6.07) is 20.3. The van der Waals surface area contributed by atoms with Crippen LogP contribution in [0.2, 0.25) is 5.02 Å². The van der Waals surface area contributed by atoms with Gasteiger partial charge in [0.15, 0.2) is 0 Å². The zero-order valence-corrected chi connectivity index (χ0v) is 20.1. The van der Waals surface area contributed by atoms with E-state index < -0.39 is 22.5 Å². The molecule has 7 nitrogen and oxygen atoms in total. The molecule has 3 rings (SSSR count). The zero-order chi connectivity index (χ0) is 24.0. The first-order chi connectivity index (χ1) is 15.7. The Morgan fingerprint density at radius 2 is 1.52 bits per heavy atom. The number of benzene rings is 3. The maximum Gasteiger partial charge on any atom is 0.264 e. The van der Waals surface area contributed by atoms with E-state index in [1.54, 1.807) is 36.4 Å². The molecule has 0 saturated carbocycles. The van der Waals surface area contributed by atoms with E-state index in [4.69, 9.17) is 11.6 Å². The van der Waals surface area contributed by atoms with Crippen LogP contribution in [0.15, 0.2) is 82.8 Å². The smallest absolute Gasteiger partial charge is 0.264 e. The number of rotatable bonds is 8. The highest BCUT2D eigenvalue weighted by Crippen LogP contribution is 2.25.